The van der Waals surface area contributed by atoms with Crippen LogP contribution in [0.15, 0.2) is 36.4 Å². The third kappa shape index (κ3) is 3.85. The SMILES string of the molecule is COc1cc2nc(N3CCC(C(=O)c4ccc(Cl)cc4)CC3)nc(N)c2cc1OC. The van der Waals surface area contributed by atoms with Gasteiger partial charge >= 0.3 is 0 Å². The van der Waals surface area contributed by atoms with E-state index in [4.69, 9.17) is 26.8 Å². The van der Waals surface area contributed by atoms with E-state index in [1.165, 1.54) is 0 Å². The van der Waals surface area contributed by atoms with E-state index in [0.717, 1.165) is 12.8 Å². The number of halogens is 1. The minimum atomic E-state index is -0.0235. The zero-order valence-electron chi connectivity index (χ0n) is 16.9. The van der Waals surface area contributed by atoms with E-state index in [0.29, 0.717) is 57.8 Å². The molecule has 1 saturated heterocycles. The molecule has 30 heavy (non-hydrogen) atoms. The van der Waals surface area contributed by atoms with Gasteiger partial charge in [-0.1, -0.05) is 11.6 Å². The Morgan fingerprint density at radius 1 is 1.07 bits per heavy atom. The number of anilines is 2. The van der Waals surface area contributed by atoms with Gasteiger partial charge in [-0.05, 0) is 43.2 Å². The fourth-order valence-electron chi connectivity index (χ4n) is 3.80. The van der Waals surface area contributed by atoms with Gasteiger partial charge in [-0.3, -0.25) is 4.79 Å². The van der Waals surface area contributed by atoms with Gasteiger partial charge in [0.1, 0.15) is 5.82 Å². The average molecular weight is 427 g/mol. The Labute approximate surface area is 179 Å². The first-order valence-corrected chi connectivity index (χ1v) is 10.1. The smallest absolute Gasteiger partial charge is 0.227 e. The van der Waals surface area contributed by atoms with E-state index in [1.54, 1.807) is 50.6 Å². The van der Waals surface area contributed by atoms with Crippen LogP contribution in [0.4, 0.5) is 11.8 Å². The molecule has 0 unspecified atom stereocenters. The molecule has 0 aliphatic carbocycles. The number of hydrogen-bond donors (Lipinski definition) is 1. The Bertz CT molecular complexity index is 1080. The molecule has 2 N–H and O–H groups in total. The molecule has 2 aromatic carbocycles. The molecule has 1 aliphatic heterocycles. The van der Waals surface area contributed by atoms with Crippen LogP contribution in [-0.4, -0.2) is 43.1 Å². The molecule has 8 heteroatoms. The van der Waals surface area contributed by atoms with Crippen LogP contribution in [0.3, 0.4) is 0 Å². The van der Waals surface area contributed by atoms with Crippen molar-refractivity contribution in [2.24, 2.45) is 5.92 Å². The van der Waals surface area contributed by atoms with E-state index in [-0.39, 0.29) is 11.7 Å². The lowest BCUT2D eigenvalue weighted by molar-refractivity contribution is 0.0900. The molecule has 3 aromatic rings. The van der Waals surface area contributed by atoms with Gasteiger partial charge in [0.05, 0.1) is 19.7 Å². The number of methoxy groups -OCH3 is 2. The summed E-state index contributed by atoms with van der Waals surface area (Å²) >= 11 is 5.92. The van der Waals surface area contributed by atoms with Gasteiger partial charge in [-0.25, -0.2) is 4.98 Å². The summed E-state index contributed by atoms with van der Waals surface area (Å²) in [5.41, 5.74) is 7.59. The number of benzene rings is 2. The summed E-state index contributed by atoms with van der Waals surface area (Å²) in [5.74, 6) is 2.24. The first-order chi connectivity index (χ1) is 14.5. The van der Waals surface area contributed by atoms with Gasteiger partial charge < -0.3 is 20.1 Å². The standard InChI is InChI=1S/C22H23ClN4O3/c1-29-18-11-16-17(12-19(18)30-2)25-22(26-21(16)24)27-9-7-14(8-10-27)20(28)13-3-5-15(23)6-4-13/h3-6,11-12,14H,7-10H2,1-2H3,(H2,24,25,26). The van der Waals surface area contributed by atoms with Crippen molar-refractivity contribution < 1.29 is 14.3 Å². The van der Waals surface area contributed by atoms with Crippen molar-refractivity contribution in [3.63, 3.8) is 0 Å². The number of fused-ring (bicyclic) bond motifs is 1. The molecule has 0 saturated carbocycles. The van der Waals surface area contributed by atoms with Crippen LogP contribution in [0.1, 0.15) is 23.2 Å². The number of aromatic nitrogens is 2. The number of carbonyl (C=O) groups excluding carboxylic acids is 1. The lowest BCUT2D eigenvalue weighted by Crippen LogP contribution is -2.37. The van der Waals surface area contributed by atoms with Crippen molar-refractivity contribution in [3.8, 4) is 11.5 Å². The van der Waals surface area contributed by atoms with Crippen molar-refractivity contribution >= 4 is 40.1 Å². The number of rotatable bonds is 5. The summed E-state index contributed by atoms with van der Waals surface area (Å²) in [7, 11) is 3.15. The van der Waals surface area contributed by atoms with Crippen molar-refractivity contribution in [3.05, 3.63) is 47.0 Å². The lowest BCUT2D eigenvalue weighted by atomic mass is 9.89. The van der Waals surface area contributed by atoms with Crippen LogP contribution >= 0.6 is 11.6 Å². The molecular formula is C22H23ClN4O3. The van der Waals surface area contributed by atoms with Crippen LogP contribution in [-0.2, 0) is 0 Å². The highest BCUT2D eigenvalue weighted by Gasteiger charge is 2.27. The molecule has 0 atom stereocenters. The second-order valence-corrected chi connectivity index (χ2v) is 7.70. The summed E-state index contributed by atoms with van der Waals surface area (Å²) < 4.78 is 10.7. The number of hydrogen-bond acceptors (Lipinski definition) is 7. The number of Topliss-reactive ketones (excluding diaryl/α,β-unsaturated/α-hetero) is 1. The number of carbonyl (C=O) groups is 1. The second-order valence-electron chi connectivity index (χ2n) is 7.27. The molecular weight excluding hydrogens is 404 g/mol. The molecule has 0 amide bonds. The van der Waals surface area contributed by atoms with Gasteiger partial charge in [0, 0.05) is 41.0 Å². The van der Waals surface area contributed by atoms with Crippen molar-refractivity contribution in [2.45, 2.75) is 12.8 Å². The van der Waals surface area contributed by atoms with E-state index in [1.807, 2.05) is 0 Å². The predicted octanol–water partition coefficient (Wildman–Crippen LogP) is 3.98. The number of nitrogens with two attached hydrogens (primary N) is 1. The lowest BCUT2D eigenvalue weighted by Gasteiger charge is -2.31. The molecule has 1 aliphatic rings. The Kier molecular flexibility index (Phi) is 5.63. The zero-order chi connectivity index (χ0) is 21.3. The van der Waals surface area contributed by atoms with Crippen LogP contribution < -0.4 is 20.1 Å². The normalized spacial score (nSPS) is 14.7. The van der Waals surface area contributed by atoms with Crippen LogP contribution in [0.2, 0.25) is 5.02 Å². The summed E-state index contributed by atoms with van der Waals surface area (Å²) in [6, 6.07) is 10.6. The maximum atomic E-state index is 12.8. The first kappa shape index (κ1) is 20.2. The molecule has 1 fully saturated rings. The Hall–Kier alpha value is -3.06. The van der Waals surface area contributed by atoms with E-state index in [9.17, 15) is 4.79 Å². The molecule has 1 aromatic heterocycles. The number of nitrogen functional groups attached to an aromatic ring is 1. The quantitative estimate of drug-likeness (QED) is 0.617. The van der Waals surface area contributed by atoms with Gasteiger partial charge in [0.2, 0.25) is 5.95 Å². The van der Waals surface area contributed by atoms with Gasteiger partial charge in [0.15, 0.2) is 17.3 Å². The van der Waals surface area contributed by atoms with Crippen molar-refractivity contribution in [1.29, 1.82) is 0 Å². The Morgan fingerprint density at radius 2 is 1.70 bits per heavy atom. The fourth-order valence-corrected chi connectivity index (χ4v) is 3.93. The zero-order valence-corrected chi connectivity index (χ0v) is 17.6. The van der Waals surface area contributed by atoms with E-state index in [2.05, 4.69) is 14.9 Å². The average Bonchev–Trinajstić information content (AvgIpc) is 2.78. The van der Waals surface area contributed by atoms with Crippen LogP contribution in [0.5, 0.6) is 11.5 Å². The van der Waals surface area contributed by atoms with Gasteiger partial charge in [-0.15, -0.1) is 0 Å². The molecule has 4 rings (SSSR count). The van der Waals surface area contributed by atoms with E-state index < -0.39 is 0 Å². The van der Waals surface area contributed by atoms with Crippen LogP contribution in [0.25, 0.3) is 10.9 Å². The summed E-state index contributed by atoms with van der Waals surface area (Å²) in [6.45, 7) is 1.37. The number of nitrogens with zero attached hydrogens (tertiary/aromatic N) is 3. The third-order valence-electron chi connectivity index (χ3n) is 5.50. The summed E-state index contributed by atoms with van der Waals surface area (Å²) in [6.07, 6.45) is 1.46. The van der Waals surface area contributed by atoms with Crippen molar-refractivity contribution in [1.82, 2.24) is 9.97 Å². The van der Waals surface area contributed by atoms with E-state index >= 15 is 0 Å². The maximum absolute atomic E-state index is 12.8. The number of ether oxygens (including phenoxy) is 2. The van der Waals surface area contributed by atoms with Gasteiger partial charge in [0.25, 0.3) is 0 Å². The highest BCUT2D eigenvalue weighted by molar-refractivity contribution is 6.30. The molecule has 0 bridgehead atoms. The number of ketones is 1. The Morgan fingerprint density at radius 3 is 2.33 bits per heavy atom. The number of piperidine rings is 1. The van der Waals surface area contributed by atoms with Gasteiger partial charge in [-0.2, -0.15) is 4.98 Å². The van der Waals surface area contributed by atoms with Crippen molar-refractivity contribution in [2.75, 3.05) is 37.9 Å². The highest BCUT2D eigenvalue weighted by atomic mass is 35.5. The Balaban J connectivity index is 1.53. The highest BCUT2D eigenvalue weighted by Crippen LogP contribution is 2.34. The molecule has 7 nitrogen and oxygen atoms in total. The summed E-state index contributed by atoms with van der Waals surface area (Å²) in [4.78, 5) is 24.0. The van der Waals surface area contributed by atoms with Crippen LogP contribution in [0, 0.1) is 5.92 Å². The minimum Gasteiger partial charge on any atom is -0.493 e. The molecule has 0 radical (unpaired) electrons. The monoisotopic (exact) mass is 426 g/mol. The summed E-state index contributed by atoms with van der Waals surface area (Å²) in [5, 5.41) is 1.34. The first-order valence-electron chi connectivity index (χ1n) is 9.74. The second kappa shape index (κ2) is 8.36. The molecule has 156 valence electrons. The molecule has 0 spiro atoms. The third-order valence-corrected chi connectivity index (χ3v) is 5.75. The largest absolute Gasteiger partial charge is 0.493 e. The predicted molar refractivity (Wildman–Crippen MR) is 118 cm³/mol. The topological polar surface area (TPSA) is 90.6 Å². The molecule has 2 heterocycles. The minimum absolute atomic E-state index is 0.0235. The fraction of sp³-hybridized carbons (Fsp3) is 0.318. The maximum Gasteiger partial charge on any atom is 0.227 e.